The van der Waals surface area contributed by atoms with E-state index in [9.17, 15) is 71.5 Å². The number of imide groups is 1. The summed E-state index contributed by atoms with van der Waals surface area (Å²) < 4.78 is 175. The fraction of sp³-hybridized carbons (Fsp3) is 0.471. The van der Waals surface area contributed by atoms with Crippen molar-refractivity contribution in [2.45, 2.75) is 30.6 Å². The van der Waals surface area contributed by atoms with Crippen LogP contribution in [0.25, 0.3) is 0 Å². The number of alkyl halides is 9. The number of hydrogen-bond donors (Lipinski definition) is 0. The van der Waals surface area contributed by atoms with E-state index in [4.69, 9.17) is 0 Å². The van der Waals surface area contributed by atoms with Crippen molar-refractivity contribution in [1.29, 1.82) is 0 Å². The van der Waals surface area contributed by atoms with E-state index in [0.29, 0.717) is 0 Å². The van der Waals surface area contributed by atoms with E-state index in [0.717, 1.165) is 0 Å². The number of carbonyl (C=O) groups is 3. The summed E-state index contributed by atoms with van der Waals surface area (Å²) in [5, 5.41) is 0. The Hall–Kier alpha value is -3.12. The fourth-order valence-corrected chi connectivity index (χ4v) is 2.61. The summed E-state index contributed by atoms with van der Waals surface area (Å²) >= 11 is 0. The van der Waals surface area contributed by atoms with Gasteiger partial charge >= 0.3 is 30.1 Å². The summed E-state index contributed by atoms with van der Waals surface area (Å²) in [7, 11) is 0. The Balaban J connectivity index is 2.08. The van der Waals surface area contributed by atoms with Crippen LogP contribution in [0.2, 0.25) is 0 Å². The second kappa shape index (κ2) is 9.40. The maximum absolute atomic E-state index is 14.0. The van der Waals surface area contributed by atoms with Gasteiger partial charge < -0.3 is 9.47 Å². The quantitative estimate of drug-likeness (QED) is 0.121. The van der Waals surface area contributed by atoms with E-state index in [2.05, 4.69) is 9.47 Å². The molecule has 202 valence electrons. The number of fused-ring (bicyclic) bond motifs is 1. The molecule has 0 spiro atoms. The predicted octanol–water partition coefficient (Wildman–Crippen LogP) is 4.21. The molecule has 2 amide bonds. The SMILES string of the molecule is O=C1c2c(F)c(F)c(F)c(F)c2C(=O)N1CCCOC(=O)C(F)(OCC(F)(F)C(F)(F)F)C(F)(F)F. The molecule has 0 N–H and O–H groups in total. The standard InChI is InChI=1S/C17H8F13NO5/c18-7-5-6(8(19)10(21)9(7)20)12(33)31(11(5)32)2-1-3-35-13(34)15(24,17(28,29)30)36-4-14(22,23)16(25,26)27/h1-4H2. The second-order valence-electron chi connectivity index (χ2n) is 6.84. The lowest BCUT2D eigenvalue weighted by molar-refractivity contribution is -0.358. The average Bonchev–Trinajstić information content (AvgIpc) is 3.00. The van der Waals surface area contributed by atoms with E-state index >= 15 is 0 Å². The lowest BCUT2D eigenvalue weighted by Gasteiger charge is -2.28. The molecule has 0 aliphatic carbocycles. The van der Waals surface area contributed by atoms with Crippen molar-refractivity contribution in [3.8, 4) is 0 Å². The van der Waals surface area contributed by atoms with Crippen LogP contribution in [-0.4, -0.2) is 66.6 Å². The Bertz CT molecular complexity index is 1040. The Morgan fingerprint density at radius 2 is 1.17 bits per heavy atom. The van der Waals surface area contributed by atoms with Gasteiger partial charge in [0, 0.05) is 6.54 Å². The Morgan fingerprint density at radius 3 is 1.56 bits per heavy atom. The molecule has 1 aliphatic rings. The van der Waals surface area contributed by atoms with Gasteiger partial charge in [-0.05, 0) is 6.42 Å². The monoisotopic (exact) mass is 553 g/mol. The van der Waals surface area contributed by atoms with Crippen molar-refractivity contribution in [3.63, 3.8) is 0 Å². The van der Waals surface area contributed by atoms with Gasteiger partial charge in [0.1, 0.15) is 6.61 Å². The number of benzene rings is 1. The maximum Gasteiger partial charge on any atom is 0.460 e. The molecule has 2 rings (SSSR count). The van der Waals surface area contributed by atoms with Crippen LogP contribution < -0.4 is 0 Å². The van der Waals surface area contributed by atoms with Crippen molar-refractivity contribution in [2.75, 3.05) is 19.8 Å². The van der Waals surface area contributed by atoms with Crippen LogP contribution in [0.5, 0.6) is 0 Å². The van der Waals surface area contributed by atoms with Gasteiger partial charge in [-0.1, -0.05) is 0 Å². The van der Waals surface area contributed by atoms with Gasteiger partial charge in [0.15, 0.2) is 23.3 Å². The molecular formula is C17H8F13NO5. The third-order valence-corrected chi connectivity index (χ3v) is 4.44. The van der Waals surface area contributed by atoms with Crippen molar-refractivity contribution in [2.24, 2.45) is 0 Å². The molecule has 1 unspecified atom stereocenters. The molecule has 0 saturated carbocycles. The average molecular weight is 553 g/mol. The van der Waals surface area contributed by atoms with Crippen molar-refractivity contribution in [3.05, 3.63) is 34.4 Å². The molecule has 0 bridgehead atoms. The highest BCUT2D eigenvalue weighted by Crippen LogP contribution is 2.41. The molecule has 1 aromatic rings. The molecule has 1 aromatic carbocycles. The van der Waals surface area contributed by atoms with Crippen LogP contribution in [0.4, 0.5) is 57.1 Å². The second-order valence-corrected chi connectivity index (χ2v) is 6.84. The minimum absolute atomic E-state index is 0.0730. The number of esters is 1. The molecular weight excluding hydrogens is 545 g/mol. The molecule has 6 nitrogen and oxygen atoms in total. The van der Waals surface area contributed by atoms with Crippen LogP contribution in [0.15, 0.2) is 0 Å². The van der Waals surface area contributed by atoms with E-state index < -0.39 is 102 Å². The van der Waals surface area contributed by atoms with Crippen LogP contribution >= 0.6 is 0 Å². The third-order valence-electron chi connectivity index (χ3n) is 4.44. The number of halogens is 13. The van der Waals surface area contributed by atoms with Crippen LogP contribution in [0.3, 0.4) is 0 Å². The molecule has 1 aliphatic heterocycles. The maximum atomic E-state index is 14.0. The number of ether oxygens (including phenoxy) is 2. The Labute approximate surface area is 189 Å². The highest BCUT2D eigenvalue weighted by atomic mass is 19.4. The van der Waals surface area contributed by atoms with Gasteiger partial charge in [-0.15, -0.1) is 0 Å². The first-order chi connectivity index (χ1) is 16.2. The zero-order chi connectivity index (χ0) is 28.0. The van der Waals surface area contributed by atoms with Crippen molar-refractivity contribution >= 4 is 17.8 Å². The predicted molar refractivity (Wildman–Crippen MR) is 84.1 cm³/mol. The molecule has 0 fully saturated rings. The van der Waals surface area contributed by atoms with Gasteiger partial charge in [0.05, 0.1) is 17.7 Å². The van der Waals surface area contributed by atoms with E-state index in [1.54, 1.807) is 0 Å². The molecule has 36 heavy (non-hydrogen) atoms. The first-order valence-electron chi connectivity index (χ1n) is 8.92. The van der Waals surface area contributed by atoms with Gasteiger partial charge in [0.25, 0.3) is 11.8 Å². The van der Waals surface area contributed by atoms with Gasteiger partial charge in [0.2, 0.25) is 0 Å². The molecule has 0 saturated heterocycles. The summed E-state index contributed by atoms with van der Waals surface area (Å²) in [6, 6.07) is 0. The van der Waals surface area contributed by atoms with Gasteiger partial charge in [-0.25, -0.2) is 22.4 Å². The van der Waals surface area contributed by atoms with Crippen LogP contribution in [0.1, 0.15) is 27.1 Å². The van der Waals surface area contributed by atoms with Gasteiger partial charge in [-0.2, -0.15) is 39.5 Å². The van der Waals surface area contributed by atoms with Crippen LogP contribution in [-0.2, 0) is 14.3 Å². The molecule has 19 heteroatoms. The van der Waals surface area contributed by atoms with Crippen LogP contribution in [0, 0.1) is 23.3 Å². The van der Waals surface area contributed by atoms with Crippen molar-refractivity contribution < 1.29 is 80.9 Å². The fourth-order valence-electron chi connectivity index (χ4n) is 2.61. The first kappa shape index (κ1) is 29.1. The molecule has 0 aromatic heterocycles. The Kier molecular flexibility index (Phi) is 7.60. The zero-order valence-corrected chi connectivity index (χ0v) is 16.7. The molecule has 0 radical (unpaired) electrons. The topological polar surface area (TPSA) is 72.9 Å². The van der Waals surface area contributed by atoms with Gasteiger partial charge in [-0.3, -0.25) is 14.5 Å². The number of nitrogens with zero attached hydrogens (tertiary/aromatic N) is 1. The third kappa shape index (κ3) is 4.92. The number of hydrogen-bond acceptors (Lipinski definition) is 5. The Morgan fingerprint density at radius 1 is 0.722 bits per heavy atom. The highest BCUT2D eigenvalue weighted by molar-refractivity contribution is 6.21. The minimum Gasteiger partial charge on any atom is -0.461 e. The largest absolute Gasteiger partial charge is 0.461 e. The summed E-state index contributed by atoms with van der Waals surface area (Å²) in [4.78, 5) is 35.4. The smallest absolute Gasteiger partial charge is 0.460 e. The summed E-state index contributed by atoms with van der Waals surface area (Å²) in [5.74, 6) is -27.8. The summed E-state index contributed by atoms with van der Waals surface area (Å²) in [5.41, 5.74) is -3.04. The number of amides is 2. The van der Waals surface area contributed by atoms with E-state index in [-0.39, 0.29) is 4.90 Å². The lowest BCUT2D eigenvalue weighted by Crippen LogP contribution is -2.54. The van der Waals surface area contributed by atoms with E-state index in [1.165, 1.54) is 0 Å². The number of carbonyl (C=O) groups excluding carboxylic acids is 3. The zero-order valence-electron chi connectivity index (χ0n) is 16.7. The van der Waals surface area contributed by atoms with E-state index in [1.807, 2.05) is 0 Å². The van der Waals surface area contributed by atoms with Crippen molar-refractivity contribution in [1.82, 2.24) is 4.90 Å². The number of rotatable bonds is 8. The minimum atomic E-state index is -6.52. The lowest BCUT2D eigenvalue weighted by atomic mass is 10.1. The first-order valence-corrected chi connectivity index (χ1v) is 8.92. The molecule has 1 heterocycles. The summed E-state index contributed by atoms with van der Waals surface area (Å²) in [6.45, 7) is -5.72. The summed E-state index contributed by atoms with van der Waals surface area (Å²) in [6.07, 6.45) is -13.9. The molecule has 1 atom stereocenters. The highest BCUT2D eigenvalue weighted by Gasteiger charge is 2.68. The normalized spacial score (nSPS) is 16.3.